The fraction of sp³-hybridized carbons (Fsp3) is 0.536. The van der Waals surface area contributed by atoms with E-state index in [2.05, 4.69) is 9.97 Å². The second-order valence-electron chi connectivity index (χ2n) is 10.5. The summed E-state index contributed by atoms with van der Waals surface area (Å²) in [4.78, 5) is 53.0. The van der Waals surface area contributed by atoms with E-state index in [-0.39, 0.29) is 19.5 Å². The number of aliphatic hydroxyl groups excluding tert-OH is 1. The minimum atomic E-state index is -1.81. The van der Waals surface area contributed by atoms with Crippen LogP contribution in [0.15, 0.2) is 48.8 Å². The Morgan fingerprint density at radius 2 is 1.48 bits per heavy atom. The van der Waals surface area contributed by atoms with Gasteiger partial charge in [0.2, 0.25) is 0 Å². The van der Waals surface area contributed by atoms with Crippen molar-refractivity contribution < 1.29 is 34.1 Å². The van der Waals surface area contributed by atoms with Gasteiger partial charge in [-0.2, -0.15) is 0 Å². The predicted octanol–water partition coefficient (Wildman–Crippen LogP) is 0.782. The second kappa shape index (κ2) is 12.0. The van der Waals surface area contributed by atoms with Crippen LogP contribution in [0.25, 0.3) is 0 Å². The first-order chi connectivity index (χ1) is 19.2. The molecule has 12 nitrogen and oxygen atoms in total. The molecule has 0 amide bonds. The molecule has 12 heteroatoms. The molecular weight excluding hydrogens is 518 g/mol. The van der Waals surface area contributed by atoms with Crippen molar-refractivity contribution in [2.45, 2.75) is 43.5 Å². The standard InChI is InChI=1S/C28H37N5O7/c1-32-21(18-10-5-8-14-30-18)27(25(37)39-2)16-33(20(23(34)35)12-4-7-13-29)17-28(24(27)36,26(38)40-3)22(32)19-11-6-9-15-31-19/h5-6,8-11,14-15,20-22,24,36H,4,7,12-13,16-17,29H2,1-3H3,(H,34,35)/t20-,21+,22?,24?,27?,28?/m0/s1. The molecule has 2 aliphatic heterocycles. The van der Waals surface area contributed by atoms with Gasteiger partial charge in [0, 0.05) is 25.5 Å². The lowest BCUT2D eigenvalue weighted by Crippen LogP contribution is -2.78. The number of unbranched alkanes of at least 4 members (excludes halogenated alkanes) is 1. The highest BCUT2D eigenvalue weighted by Crippen LogP contribution is 2.62. The summed E-state index contributed by atoms with van der Waals surface area (Å²) in [5, 5.41) is 22.7. The van der Waals surface area contributed by atoms with Crippen molar-refractivity contribution in [3.8, 4) is 0 Å². The lowest BCUT2D eigenvalue weighted by molar-refractivity contribution is -0.253. The number of rotatable bonds is 10. The Labute approximate surface area is 233 Å². The van der Waals surface area contributed by atoms with Crippen molar-refractivity contribution >= 4 is 17.9 Å². The summed E-state index contributed by atoms with van der Waals surface area (Å²) in [6.07, 6.45) is 2.88. The Morgan fingerprint density at radius 3 is 1.85 bits per heavy atom. The van der Waals surface area contributed by atoms with E-state index in [4.69, 9.17) is 15.2 Å². The average molecular weight is 556 g/mol. The highest BCUT2D eigenvalue weighted by atomic mass is 16.5. The van der Waals surface area contributed by atoms with Crippen LogP contribution in [0.3, 0.4) is 0 Å². The molecule has 2 saturated heterocycles. The summed E-state index contributed by atoms with van der Waals surface area (Å²) in [7, 11) is 4.16. The number of piperidine rings is 2. The SMILES string of the molecule is COC(=O)C12CN([C@@H](CCCCN)C(=O)O)CC(C(=O)OC)(C1O)[C@@H](c1ccccn1)N(C)C2c1ccccn1. The molecule has 2 aliphatic rings. The van der Waals surface area contributed by atoms with Gasteiger partial charge in [0.15, 0.2) is 0 Å². The van der Waals surface area contributed by atoms with Crippen LogP contribution in [0.1, 0.15) is 42.7 Å². The quantitative estimate of drug-likeness (QED) is 0.279. The molecular formula is C28H37N5O7. The fourth-order valence-electron chi connectivity index (χ4n) is 6.85. The van der Waals surface area contributed by atoms with E-state index in [0.29, 0.717) is 30.8 Å². The van der Waals surface area contributed by atoms with E-state index in [9.17, 15) is 24.6 Å². The Bertz CT molecular complexity index is 1120. The molecule has 0 radical (unpaired) electrons. The number of esters is 2. The second-order valence-corrected chi connectivity index (χ2v) is 10.5. The lowest BCUT2D eigenvalue weighted by atomic mass is 9.53. The number of carbonyl (C=O) groups excluding carboxylic acids is 2. The van der Waals surface area contributed by atoms with Crippen LogP contribution in [0, 0.1) is 10.8 Å². The van der Waals surface area contributed by atoms with Crippen molar-refractivity contribution in [1.29, 1.82) is 0 Å². The number of nitrogens with zero attached hydrogens (tertiary/aromatic N) is 4. The van der Waals surface area contributed by atoms with E-state index in [1.54, 1.807) is 60.7 Å². The van der Waals surface area contributed by atoms with Crippen LogP contribution in [0.2, 0.25) is 0 Å². The molecule has 4 rings (SSSR count). The van der Waals surface area contributed by atoms with Gasteiger partial charge in [0.25, 0.3) is 0 Å². The summed E-state index contributed by atoms with van der Waals surface area (Å²) in [5.41, 5.74) is 2.95. The van der Waals surface area contributed by atoms with Gasteiger partial charge in [-0.1, -0.05) is 18.6 Å². The number of carbonyl (C=O) groups is 3. The summed E-state index contributed by atoms with van der Waals surface area (Å²) in [6.45, 7) is 0.0108. The number of likely N-dealkylation sites (tertiary alicyclic amines) is 2. The molecule has 0 spiro atoms. The smallest absolute Gasteiger partial charge is 0.320 e. The number of hydrogen-bond acceptors (Lipinski definition) is 11. The van der Waals surface area contributed by atoms with Crippen LogP contribution < -0.4 is 5.73 Å². The van der Waals surface area contributed by atoms with Crippen LogP contribution in [0.4, 0.5) is 0 Å². The number of carboxylic acids is 1. The van der Waals surface area contributed by atoms with E-state index in [1.807, 2.05) is 4.90 Å². The molecule has 2 fully saturated rings. The zero-order chi connectivity index (χ0) is 29.1. The van der Waals surface area contributed by atoms with Crippen molar-refractivity contribution in [3.63, 3.8) is 0 Å². The summed E-state index contributed by atoms with van der Waals surface area (Å²) >= 11 is 0. The number of hydrogen-bond donors (Lipinski definition) is 3. The molecule has 4 unspecified atom stereocenters. The molecule has 6 atom stereocenters. The maximum Gasteiger partial charge on any atom is 0.320 e. The third-order valence-electron chi connectivity index (χ3n) is 8.42. The van der Waals surface area contributed by atoms with Gasteiger partial charge in [-0.05, 0) is 50.7 Å². The van der Waals surface area contributed by atoms with Gasteiger partial charge < -0.3 is 25.4 Å². The third-order valence-corrected chi connectivity index (χ3v) is 8.42. The minimum absolute atomic E-state index is 0.195. The average Bonchev–Trinajstić information content (AvgIpc) is 2.96. The zero-order valence-corrected chi connectivity index (χ0v) is 23.0. The van der Waals surface area contributed by atoms with Gasteiger partial charge in [-0.15, -0.1) is 0 Å². The first-order valence-electron chi connectivity index (χ1n) is 13.3. The van der Waals surface area contributed by atoms with Gasteiger partial charge in [-0.3, -0.25) is 34.2 Å². The molecule has 40 heavy (non-hydrogen) atoms. The number of aromatic nitrogens is 2. The molecule has 2 bridgehead atoms. The summed E-state index contributed by atoms with van der Waals surface area (Å²) < 4.78 is 10.6. The summed E-state index contributed by atoms with van der Waals surface area (Å²) in [6, 6.07) is 7.55. The van der Waals surface area contributed by atoms with Crippen molar-refractivity contribution in [3.05, 3.63) is 60.2 Å². The molecule has 0 saturated carbocycles. The van der Waals surface area contributed by atoms with Crippen molar-refractivity contribution in [2.75, 3.05) is 40.9 Å². The van der Waals surface area contributed by atoms with Crippen LogP contribution in [-0.2, 0) is 23.9 Å². The largest absolute Gasteiger partial charge is 0.480 e. The number of aliphatic hydroxyl groups is 1. The monoisotopic (exact) mass is 555 g/mol. The number of pyridine rings is 2. The zero-order valence-electron chi connectivity index (χ0n) is 23.0. The van der Waals surface area contributed by atoms with Crippen LogP contribution in [-0.4, -0.2) is 101 Å². The van der Waals surface area contributed by atoms with Gasteiger partial charge in [0.05, 0.1) is 43.8 Å². The Hall–Kier alpha value is -3.45. The normalized spacial score (nSPS) is 29.4. The number of methoxy groups -OCH3 is 2. The molecule has 4 N–H and O–H groups in total. The van der Waals surface area contributed by atoms with Gasteiger partial charge >= 0.3 is 17.9 Å². The lowest BCUT2D eigenvalue weighted by Gasteiger charge is -2.64. The number of fused-ring (bicyclic) bond motifs is 2. The maximum absolute atomic E-state index is 13.9. The van der Waals surface area contributed by atoms with Gasteiger partial charge in [-0.25, -0.2) is 0 Å². The Morgan fingerprint density at radius 1 is 0.975 bits per heavy atom. The van der Waals surface area contributed by atoms with Crippen LogP contribution in [0.5, 0.6) is 0 Å². The third kappa shape index (κ3) is 4.64. The molecule has 0 aromatic carbocycles. The topological polar surface area (TPSA) is 168 Å². The Balaban J connectivity index is 2.04. The highest BCUT2D eigenvalue weighted by Gasteiger charge is 2.75. The fourth-order valence-corrected chi connectivity index (χ4v) is 6.85. The van der Waals surface area contributed by atoms with Crippen LogP contribution >= 0.6 is 0 Å². The first kappa shape index (κ1) is 29.5. The number of nitrogens with two attached hydrogens (primary N) is 1. The minimum Gasteiger partial charge on any atom is -0.480 e. The molecule has 216 valence electrons. The number of carboxylic acid groups (broad SMARTS) is 1. The molecule has 2 aromatic heterocycles. The van der Waals surface area contributed by atoms with E-state index < -0.39 is 53.0 Å². The van der Waals surface area contributed by atoms with E-state index in [1.165, 1.54) is 14.2 Å². The van der Waals surface area contributed by atoms with E-state index >= 15 is 0 Å². The molecule has 2 aromatic rings. The first-order valence-corrected chi connectivity index (χ1v) is 13.3. The molecule has 4 heterocycles. The summed E-state index contributed by atoms with van der Waals surface area (Å²) in [5.74, 6) is -2.68. The van der Waals surface area contributed by atoms with Gasteiger partial charge in [0.1, 0.15) is 16.9 Å². The highest BCUT2D eigenvalue weighted by molar-refractivity contribution is 5.86. The number of ether oxygens (including phenoxy) is 2. The Kier molecular flexibility index (Phi) is 8.83. The molecule has 0 aliphatic carbocycles. The van der Waals surface area contributed by atoms with Crippen molar-refractivity contribution in [2.24, 2.45) is 16.6 Å². The number of aliphatic carboxylic acids is 1. The van der Waals surface area contributed by atoms with E-state index in [0.717, 1.165) is 0 Å². The predicted molar refractivity (Wildman–Crippen MR) is 143 cm³/mol. The van der Waals surface area contributed by atoms with Crippen molar-refractivity contribution in [1.82, 2.24) is 19.8 Å². The maximum atomic E-state index is 13.9.